The van der Waals surface area contributed by atoms with Crippen LogP contribution in [0.15, 0.2) is 41.1 Å². The van der Waals surface area contributed by atoms with Crippen molar-refractivity contribution in [3.63, 3.8) is 0 Å². The van der Waals surface area contributed by atoms with E-state index in [9.17, 15) is 4.79 Å². The predicted molar refractivity (Wildman–Crippen MR) is 91.4 cm³/mol. The summed E-state index contributed by atoms with van der Waals surface area (Å²) in [7, 11) is 0. The molecule has 1 spiro atoms. The zero-order chi connectivity index (χ0) is 16.0. The summed E-state index contributed by atoms with van der Waals surface area (Å²) in [5.74, 6) is 0.908. The molecule has 1 unspecified atom stereocenters. The number of allylic oxidation sites excluding steroid dienone is 1. The first-order valence-corrected chi connectivity index (χ1v) is 8.84. The molecule has 0 amide bonds. The maximum atomic E-state index is 13.3. The Morgan fingerprint density at radius 3 is 2.32 bits per heavy atom. The van der Waals surface area contributed by atoms with E-state index in [1.165, 1.54) is 6.42 Å². The van der Waals surface area contributed by atoms with Crippen molar-refractivity contribution in [2.45, 2.75) is 52.1 Å². The Bertz CT molecular complexity index is 594. The fourth-order valence-corrected chi connectivity index (χ4v) is 4.23. The molecule has 0 bridgehead atoms. The van der Waals surface area contributed by atoms with E-state index in [0.29, 0.717) is 11.5 Å². The Hall–Kier alpha value is -1.09. The molecule has 2 fully saturated rings. The molecule has 0 aromatic heterocycles. The molecule has 1 saturated carbocycles. The molecular weight excluding hydrogens is 340 g/mol. The van der Waals surface area contributed by atoms with Gasteiger partial charge < -0.3 is 4.74 Å². The van der Waals surface area contributed by atoms with Gasteiger partial charge in [0.05, 0.1) is 10.8 Å². The van der Waals surface area contributed by atoms with Gasteiger partial charge in [-0.05, 0) is 44.4 Å². The van der Waals surface area contributed by atoms with Gasteiger partial charge in [0.15, 0.2) is 5.78 Å². The van der Waals surface area contributed by atoms with E-state index in [4.69, 9.17) is 4.74 Å². The van der Waals surface area contributed by atoms with Crippen LogP contribution in [0.5, 0.6) is 0 Å². The summed E-state index contributed by atoms with van der Waals surface area (Å²) < 4.78 is 7.30. The van der Waals surface area contributed by atoms with Gasteiger partial charge in [-0.3, -0.25) is 4.79 Å². The predicted octanol–water partition coefficient (Wildman–Crippen LogP) is 5.58. The second-order valence-electron chi connectivity index (χ2n) is 7.14. The molecule has 0 radical (unpaired) electrons. The Morgan fingerprint density at radius 1 is 1.14 bits per heavy atom. The van der Waals surface area contributed by atoms with Crippen LogP contribution in [0, 0.1) is 10.8 Å². The van der Waals surface area contributed by atoms with Crippen LogP contribution in [0.4, 0.5) is 0 Å². The third kappa shape index (κ3) is 2.34. The van der Waals surface area contributed by atoms with E-state index in [0.717, 1.165) is 35.7 Å². The molecule has 1 saturated heterocycles. The lowest BCUT2D eigenvalue weighted by Crippen LogP contribution is -2.51. The lowest BCUT2D eigenvalue weighted by Gasteiger charge is -2.51. The van der Waals surface area contributed by atoms with Gasteiger partial charge in [0.1, 0.15) is 11.9 Å². The topological polar surface area (TPSA) is 26.3 Å². The molecule has 3 heteroatoms. The van der Waals surface area contributed by atoms with Gasteiger partial charge in [-0.25, -0.2) is 0 Å². The van der Waals surface area contributed by atoms with Crippen LogP contribution in [0.25, 0.3) is 0 Å². The Balaban J connectivity index is 2.08. The van der Waals surface area contributed by atoms with E-state index < -0.39 is 10.8 Å². The molecule has 1 aromatic rings. The van der Waals surface area contributed by atoms with Crippen molar-refractivity contribution in [2.75, 3.05) is 0 Å². The Labute approximate surface area is 141 Å². The van der Waals surface area contributed by atoms with Crippen LogP contribution in [0.3, 0.4) is 0 Å². The van der Waals surface area contributed by atoms with Crippen molar-refractivity contribution in [2.24, 2.45) is 10.8 Å². The second-order valence-corrected chi connectivity index (χ2v) is 8.06. The molecular formula is C19H23BrO2. The first-order valence-electron chi connectivity index (χ1n) is 8.04. The van der Waals surface area contributed by atoms with Crippen molar-refractivity contribution in [3.8, 4) is 0 Å². The number of ketones is 1. The molecule has 0 N–H and O–H groups in total. The van der Waals surface area contributed by atoms with Crippen LogP contribution < -0.4 is 0 Å². The number of Topliss-reactive ketones (excluding diaryl/α,β-unsaturated/α-hetero) is 1. The van der Waals surface area contributed by atoms with E-state index >= 15 is 0 Å². The summed E-state index contributed by atoms with van der Waals surface area (Å²) in [5.41, 5.74) is 0.0927. The fraction of sp³-hybridized carbons (Fsp3) is 0.526. The van der Waals surface area contributed by atoms with E-state index in [-0.39, 0.29) is 6.10 Å². The molecule has 2 nitrogen and oxygen atoms in total. The van der Waals surface area contributed by atoms with Crippen LogP contribution in [0.1, 0.15) is 57.6 Å². The molecule has 1 aliphatic carbocycles. The highest BCUT2D eigenvalue weighted by Crippen LogP contribution is 2.57. The molecule has 1 atom stereocenters. The van der Waals surface area contributed by atoms with Gasteiger partial charge in [-0.1, -0.05) is 53.9 Å². The molecule has 1 heterocycles. The summed E-state index contributed by atoms with van der Waals surface area (Å²) >= 11 is 3.47. The standard InChI is InChI=1S/C19H23BrO2/c1-13-18(2,3)17(21)19(11-5-4-6-12-19)16(22-13)14-7-9-15(20)10-8-14/h7-10,16H,1,4-6,11-12H2,2-3H3. The number of benzene rings is 1. The summed E-state index contributed by atoms with van der Waals surface area (Å²) in [6.45, 7) is 7.94. The van der Waals surface area contributed by atoms with Gasteiger partial charge in [-0.2, -0.15) is 0 Å². The van der Waals surface area contributed by atoms with E-state index in [2.05, 4.69) is 34.6 Å². The summed E-state index contributed by atoms with van der Waals surface area (Å²) in [6, 6.07) is 8.15. The average molecular weight is 363 g/mol. The van der Waals surface area contributed by atoms with Crippen LogP contribution in [-0.2, 0) is 9.53 Å². The third-order valence-electron chi connectivity index (χ3n) is 5.40. The van der Waals surface area contributed by atoms with Gasteiger partial charge in [0.2, 0.25) is 0 Å². The average Bonchev–Trinajstić information content (AvgIpc) is 2.52. The quantitative estimate of drug-likeness (QED) is 0.651. The zero-order valence-corrected chi connectivity index (χ0v) is 14.9. The molecule has 1 aliphatic heterocycles. The molecule has 22 heavy (non-hydrogen) atoms. The highest BCUT2D eigenvalue weighted by molar-refractivity contribution is 9.10. The monoisotopic (exact) mass is 362 g/mol. The number of ether oxygens (including phenoxy) is 1. The van der Waals surface area contributed by atoms with Crippen LogP contribution in [0.2, 0.25) is 0 Å². The largest absolute Gasteiger partial charge is 0.489 e. The maximum Gasteiger partial charge on any atom is 0.156 e. The molecule has 118 valence electrons. The minimum atomic E-state index is -0.594. The number of hydrogen-bond donors (Lipinski definition) is 0. The second kappa shape index (κ2) is 5.52. The van der Waals surface area contributed by atoms with E-state index in [1.54, 1.807) is 0 Å². The normalized spacial score (nSPS) is 26.8. The zero-order valence-electron chi connectivity index (χ0n) is 13.3. The van der Waals surface area contributed by atoms with Crippen molar-refractivity contribution < 1.29 is 9.53 Å². The minimum Gasteiger partial charge on any atom is -0.489 e. The van der Waals surface area contributed by atoms with Gasteiger partial charge in [0, 0.05) is 4.47 Å². The summed E-state index contributed by atoms with van der Waals surface area (Å²) in [5, 5.41) is 0. The number of carbonyl (C=O) groups excluding carboxylic acids is 1. The molecule has 2 aliphatic rings. The van der Waals surface area contributed by atoms with Gasteiger partial charge in [0.25, 0.3) is 0 Å². The number of rotatable bonds is 1. The SMILES string of the molecule is C=C1OC(c2ccc(Br)cc2)C2(CCCCC2)C(=O)C1(C)C. The van der Waals surface area contributed by atoms with Crippen molar-refractivity contribution in [3.05, 3.63) is 46.6 Å². The number of halogens is 1. The van der Waals surface area contributed by atoms with E-state index in [1.807, 2.05) is 26.0 Å². The lowest BCUT2D eigenvalue weighted by molar-refractivity contribution is -0.164. The van der Waals surface area contributed by atoms with Crippen LogP contribution >= 0.6 is 15.9 Å². The maximum absolute atomic E-state index is 13.3. The molecule has 3 rings (SSSR count). The van der Waals surface area contributed by atoms with Crippen molar-refractivity contribution in [1.82, 2.24) is 0 Å². The first-order chi connectivity index (χ1) is 10.4. The minimum absolute atomic E-state index is 0.200. The fourth-order valence-electron chi connectivity index (χ4n) is 3.97. The first kappa shape index (κ1) is 15.8. The summed E-state index contributed by atoms with van der Waals surface area (Å²) in [6.07, 6.45) is 5.06. The number of hydrogen-bond acceptors (Lipinski definition) is 2. The third-order valence-corrected chi connectivity index (χ3v) is 5.93. The van der Waals surface area contributed by atoms with Crippen LogP contribution in [-0.4, -0.2) is 5.78 Å². The summed E-state index contributed by atoms with van der Waals surface area (Å²) in [4.78, 5) is 13.3. The van der Waals surface area contributed by atoms with Gasteiger partial charge >= 0.3 is 0 Å². The van der Waals surface area contributed by atoms with Gasteiger partial charge in [-0.15, -0.1) is 0 Å². The molecule has 1 aromatic carbocycles. The highest BCUT2D eigenvalue weighted by Gasteiger charge is 2.57. The van der Waals surface area contributed by atoms with Crippen molar-refractivity contribution >= 4 is 21.7 Å². The Kier molecular flexibility index (Phi) is 3.96. The smallest absolute Gasteiger partial charge is 0.156 e. The Morgan fingerprint density at radius 2 is 1.73 bits per heavy atom. The number of carbonyl (C=O) groups is 1. The highest BCUT2D eigenvalue weighted by atomic mass is 79.9. The lowest BCUT2D eigenvalue weighted by atomic mass is 9.58. The van der Waals surface area contributed by atoms with Crippen molar-refractivity contribution in [1.29, 1.82) is 0 Å².